The van der Waals surface area contributed by atoms with Crippen LogP contribution in [0.5, 0.6) is 5.75 Å². The van der Waals surface area contributed by atoms with Gasteiger partial charge in [-0.1, -0.05) is 23.7 Å². The molecule has 0 fully saturated rings. The molecule has 1 aromatic heterocycles. The van der Waals surface area contributed by atoms with Crippen molar-refractivity contribution in [3.63, 3.8) is 0 Å². The third kappa shape index (κ3) is 9.89. The van der Waals surface area contributed by atoms with Gasteiger partial charge in [0.2, 0.25) is 0 Å². The first-order valence-electron chi connectivity index (χ1n) is 11.1. The number of rotatable bonds is 8. The molecule has 0 saturated heterocycles. The molecule has 0 bridgehead atoms. The predicted octanol–water partition coefficient (Wildman–Crippen LogP) is 2.40. The predicted molar refractivity (Wildman–Crippen MR) is 126 cm³/mol. The number of benzene rings is 1. The monoisotopic (exact) mass is 508 g/mol. The number of aliphatic hydroxyl groups excluding tert-OH is 1. The third-order valence-electron chi connectivity index (χ3n) is 5.17. The molecule has 11 heteroatoms. The number of ether oxygens (including phenoxy) is 2. The standard InChI is InChI=1S/C22H27ClN2O4.C2H2O4/c1-2-28-22(27)14-29-18-10-9-15-5-3-6-17(11-16(15)12-18)24-13-20(26)19-7-4-8-21(23)25-19;3-1(4)2(5)6/h4,7-10,12,17,20,24,26H,2-3,5-6,11,13-14H2,1H3;(H,3,4)(H,5,6). The summed E-state index contributed by atoms with van der Waals surface area (Å²) in [6.45, 7) is 2.43. The highest BCUT2D eigenvalue weighted by molar-refractivity contribution is 6.29. The summed E-state index contributed by atoms with van der Waals surface area (Å²) < 4.78 is 10.5. The number of fused-ring (bicyclic) bond motifs is 1. The molecule has 0 amide bonds. The van der Waals surface area contributed by atoms with Crippen LogP contribution in [0, 0.1) is 0 Å². The summed E-state index contributed by atoms with van der Waals surface area (Å²) in [4.78, 5) is 33.9. The van der Waals surface area contributed by atoms with Gasteiger partial charge in [0, 0.05) is 12.6 Å². The van der Waals surface area contributed by atoms with E-state index in [0.29, 0.717) is 29.7 Å². The van der Waals surface area contributed by atoms with Gasteiger partial charge in [0.25, 0.3) is 0 Å². The summed E-state index contributed by atoms with van der Waals surface area (Å²) in [5.41, 5.74) is 3.07. The molecule has 1 aliphatic carbocycles. The number of aliphatic carboxylic acids is 2. The van der Waals surface area contributed by atoms with Crippen LogP contribution in [0.3, 0.4) is 0 Å². The van der Waals surface area contributed by atoms with Crippen LogP contribution >= 0.6 is 11.6 Å². The maximum atomic E-state index is 11.5. The van der Waals surface area contributed by atoms with Gasteiger partial charge in [0.15, 0.2) is 6.61 Å². The number of carboxylic acid groups (broad SMARTS) is 2. The lowest BCUT2D eigenvalue weighted by Gasteiger charge is -2.20. The number of carboxylic acids is 2. The summed E-state index contributed by atoms with van der Waals surface area (Å²) in [5, 5.41) is 29.0. The first kappa shape index (κ1) is 28.0. The Morgan fingerprint density at radius 3 is 2.57 bits per heavy atom. The molecule has 0 saturated carbocycles. The highest BCUT2D eigenvalue weighted by Crippen LogP contribution is 2.25. The van der Waals surface area contributed by atoms with Gasteiger partial charge in [0.05, 0.1) is 12.3 Å². The number of aryl methyl sites for hydroxylation is 1. The zero-order valence-electron chi connectivity index (χ0n) is 19.3. The lowest BCUT2D eigenvalue weighted by Crippen LogP contribution is -2.34. The summed E-state index contributed by atoms with van der Waals surface area (Å²) >= 11 is 5.91. The number of halogens is 1. The smallest absolute Gasteiger partial charge is 0.414 e. The number of nitrogens with zero attached hydrogens (tertiary/aromatic N) is 1. The fourth-order valence-corrected chi connectivity index (χ4v) is 3.71. The second-order valence-corrected chi connectivity index (χ2v) is 8.12. The fourth-order valence-electron chi connectivity index (χ4n) is 3.54. The van der Waals surface area contributed by atoms with E-state index in [1.807, 2.05) is 12.1 Å². The molecule has 2 aromatic rings. The highest BCUT2D eigenvalue weighted by Gasteiger charge is 2.19. The van der Waals surface area contributed by atoms with Crippen LogP contribution < -0.4 is 10.1 Å². The van der Waals surface area contributed by atoms with E-state index >= 15 is 0 Å². The van der Waals surface area contributed by atoms with Gasteiger partial charge in [-0.25, -0.2) is 19.4 Å². The van der Waals surface area contributed by atoms with Crippen LogP contribution in [-0.2, 0) is 32.0 Å². The second-order valence-electron chi connectivity index (χ2n) is 7.74. The van der Waals surface area contributed by atoms with Crippen LogP contribution in [0.4, 0.5) is 0 Å². The van der Waals surface area contributed by atoms with Gasteiger partial charge in [-0.3, -0.25) is 0 Å². The number of aromatic nitrogens is 1. The summed E-state index contributed by atoms with van der Waals surface area (Å²) in [5.74, 6) is -3.35. The second kappa shape index (κ2) is 14.2. The molecule has 2 unspecified atom stereocenters. The van der Waals surface area contributed by atoms with Crippen molar-refractivity contribution in [2.45, 2.75) is 44.8 Å². The number of carbonyl (C=O) groups is 3. The average molecular weight is 509 g/mol. The van der Waals surface area contributed by atoms with Gasteiger partial charge in [-0.2, -0.15) is 0 Å². The van der Waals surface area contributed by atoms with Crippen LogP contribution in [0.2, 0.25) is 5.15 Å². The molecular weight excluding hydrogens is 480 g/mol. The Morgan fingerprint density at radius 2 is 1.91 bits per heavy atom. The fraction of sp³-hybridized carbons (Fsp3) is 0.417. The minimum atomic E-state index is -1.82. The SMILES string of the molecule is CCOC(=O)COc1ccc2c(c1)CC(NCC(O)c1cccc(Cl)n1)CCC2.O=C(O)C(=O)O. The van der Waals surface area contributed by atoms with E-state index in [1.54, 1.807) is 25.1 Å². The number of aliphatic hydroxyl groups is 1. The quantitative estimate of drug-likeness (QED) is 0.181. The van der Waals surface area contributed by atoms with E-state index in [0.717, 1.165) is 25.7 Å². The number of nitrogens with one attached hydrogen (secondary N) is 1. The van der Waals surface area contributed by atoms with Crippen molar-refractivity contribution in [1.82, 2.24) is 10.3 Å². The Labute approximate surface area is 207 Å². The molecular formula is C24H29ClN2O8. The molecule has 1 heterocycles. The molecule has 0 radical (unpaired) electrons. The number of esters is 1. The Bertz CT molecular complexity index is 1000. The summed E-state index contributed by atoms with van der Waals surface area (Å²) in [7, 11) is 0. The molecule has 2 atom stereocenters. The lowest BCUT2D eigenvalue weighted by molar-refractivity contribution is -0.159. The molecule has 0 aliphatic heterocycles. The molecule has 190 valence electrons. The Kier molecular flexibility index (Phi) is 11.4. The normalized spacial score (nSPS) is 15.5. The number of hydrogen-bond acceptors (Lipinski definition) is 8. The molecule has 4 N–H and O–H groups in total. The Balaban J connectivity index is 0.000000641. The van der Waals surface area contributed by atoms with Gasteiger partial charge < -0.3 is 30.1 Å². The Hall–Kier alpha value is -3.21. The van der Waals surface area contributed by atoms with Crippen molar-refractivity contribution in [3.05, 3.63) is 58.4 Å². The van der Waals surface area contributed by atoms with Crippen molar-refractivity contribution in [1.29, 1.82) is 0 Å². The van der Waals surface area contributed by atoms with Crippen LogP contribution in [-0.4, -0.2) is 64.0 Å². The maximum Gasteiger partial charge on any atom is 0.414 e. The van der Waals surface area contributed by atoms with Crippen molar-refractivity contribution in [3.8, 4) is 5.75 Å². The third-order valence-corrected chi connectivity index (χ3v) is 5.38. The lowest BCUT2D eigenvalue weighted by atomic mass is 10.0. The van der Waals surface area contributed by atoms with E-state index in [4.69, 9.17) is 40.9 Å². The van der Waals surface area contributed by atoms with Crippen LogP contribution in [0.15, 0.2) is 36.4 Å². The van der Waals surface area contributed by atoms with Gasteiger partial charge in [-0.05, 0) is 68.0 Å². The van der Waals surface area contributed by atoms with E-state index in [-0.39, 0.29) is 18.6 Å². The van der Waals surface area contributed by atoms with E-state index in [9.17, 15) is 9.90 Å². The zero-order valence-corrected chi connectivity index (χ0v) is 20.0. The molecule has 35 heavy (non-hydrogen) atoms. The summed E-state index contributed by atoms with van der Waals surface area (Å²) in [6.07, 6.45) is 3.21. The average Bonchev–Trinajstić information content (AvgIpc) is 3.03. The topological polar surface area (TPSA) is 155 Å². The molecule has 1 aromatic carbocycles. The molecule has 3 rings (SSSR count). The van der Waals surface area contributed by atoms with E-state index < -0.39 is 18.0 Å². The number of carbonyl (C=O) groups excluding carboxylic acids is 1. The van der Waals surface area contributed by atoms with Crippen molar-refractivity contribution in [2.75, 3.05) is 19.8 Å². The van der Waals surface area contributed by atoms with E-state index in [1.165, 1.54) is 11.1 Å². The maximum absolute atomic E-state index is 11.5. The van der Waals surface area contributed by atoms with Gasteiger partial charge in [-0.15, -0.1) is 0 Å². The highest BCUT2D eigenvalue weighted by atomic mass is 35.5. The minimum absolute atomic E-state index is 0.0901. The van der Waals surface area contributed by atoms with Crippen LogP contribution in [0.25, 0.3) is 0 Å². The van der Waals surface area contributed by atoms with Crippen molar-refractivity contribution in [2.24, 2.45) is 0 Å². The first-order valence-corrected chi connectivity index (χ1v) is 11.5. The van der Waals surface area contributed by atoms with E-state index in [2.05, 4.69) is 16.4 Å². The van der Waals surface area contributed by atoms with Gasteiger partial charge in [0.1, 0.15) is 17.0 Å². The van der Waals surface area contributed by atoms with Crippen molar-refractivity contribution >= 4 is 29.5 Å². The Morgan fingerprint density at radius 1 is 1.17 bits per heavy atom. The number of hydrogen-bond donors (Lipinski definition) is 4. The molecule has 10 nitrogen and oxygen atoms in total. The molecule has 0 spiro atoms. The molecule has 1 aliphatic rings. The number of pyridine rings is 1. The summed E-state index contributed by atoms with van der Waals surface area (Å²) in [6, 6.07) is 11.5. The van der Waals surface area contributed by atoms with Gasteiger partial charge >= 0.3 is 17.9 Å². The zero-order chi connectivity index (χ0) is 25.8. The van der Waals surface area contributed by atoms with Crippen molar-refractivity contribution < 1.29 is 39.2 Å². The largest absolute Gasteiger partial charge is 0.482 e. The first-order chi connectivity index (χ1) is 16.7. The van der Waals surface area contributed by atoms with Crippen LogP contribution in [0.1, 0.15) is 42.7 Å². The minimum Gasteiger partial charge on any atom is -0.482 e.